The molecular formula is C21H24N4O3. The van der Waals surface area contributed by atoms with Crippen molar-refractivity contribution in [3.8, 4) is 17.2 Å². The highest BCUT2D eigenvalue weighted by Crippen LogP contribution is 2.18. The molecule has 0 aliphatic carbocycles. The SMILES string of the molecule is CCOc1ccc(OCCC(=O)N[C@@H](C)c2ccc(-n3cncn3)cc2)cc1. The maximum absolute atomic E-state index is 12.2. The molecule has 1 heterocycles. The number of benzene rings is 2. The van der Waals surface area contributed by atoms with Crippen LogP contribution in [-0.4, -0.2) is 33.9 Å². The van der Waals surface area contributed by atoms with Crippen molar-refractivity contribution in [3.05, 3.63) is 66.7 Å². The maximum atomic E-state index is 12.2. The highest BCUT2D eigenvalue weighted by molar-refractivity contribution is 5.76. The monoisotopic (exact) mass is 380 g/mol. The number of ether oxygens (including phenoxy) is 2. The van der Waals surface area contributed by atoms with Crippen molar-refractivity contribution in [1.29, 1.82) is 0 Å². The lowest BCUT2D eigenvalue weighted by atomic mass is 10.1. The minimum absolute atomic E-state index is 0.0567. The Labute approximate surface area is 164 Å². The molecule has 3 rings (SSSR count). The molecule has 0 radical (unpaired) electrons. The molecule has 0 aliphatic rings. The summed E-state index contributed by atoms with van der Waals surface area (Å²) in [5.41, 5.74) is 1.94. The summed E-state index contributed by atoms with van der Waals surface area (Å²) < 4.78 is 12.7. The van der Waals surface area contributed by atoms with Crippen LogP contribution in [-0.2, 0) is 4.79 Å². The number of carbonyl (C=O) groups is 1. The highest BCUT2D eigenvalue weighted by Gasteiger charge is 2.10. The number of aromatic nitrogens is 3. The molecule has 0 spiro atoms. The molecule has 0 aliphatic heterocycles. The van der Waals surface area contributed by atoms with Gasteiger partial charge < -0.3 is 14.8 Å². The number of rotatable bonds is 9. The van der Waals surface area contributed by atoms with Crippen LogP contribution in [0.3, 0.4) is 0 Å². The van der Waals surface area contributed by atoms with Crippen LogP contribution in [0.5, 0.6) is 11.5 Å². The van der Waals surface area contributed by atoms with E-state index in [2.05, 4.69) is 15.4 Å². The van der Waals surface area contributed by atoms with Crippen molar-refractivity contribution >= 4 is 5.91 Å². The van der Waals surface area contributed by atoms with Crippen molar-refractivity contribution in [2.75, 3.05) is 13.2 Å². The van der Waals surface area contributed by atoms with Crippen LogP contribution in [0.1, 0.15) is 31.9 Å². The van der Waals surface area contributed by atoms with E-state index in [1.807, 2.05) is 62.4 Å². The fourth-order valence-electron chi connectivity index (χ4n) is 2.71. The molecule has 0 saturated carbocycles. The molecule has 3 aromatic rings. The van der Waals surface area contributed by atoms with Crippen molar-refractivity contribution in [2.24, 2.45) is 0 Å². The van der Waals surface area contributed by atoms with Crippen LogP contribution in [0.25, 0.3) is 5.69 Å². The molecule has 1 amide bonds. The van der Waals surface area contributed by atoms with Gasteiger partial charge in [0.2, 0.25) is 5.91 Å². The summed E-state index contributed by atoms with van der Waals surface area (Å²) in [6, 6.07) is 15.1. The molecule has 28 heavy (non-hydrogen) atoms. The van der Waals surface area contributed by atoms with Gasteiger partial charge in [-0.15, -0.1) is 0 Å². The number of carbonyl (C=O) groups excluding carboxylic acids is 1. The molecule has 146 valence electrons. The van der Waals surface area contributed by atoms with Crippen molar-refractivity contribution in [2.45, 2.75) is 26.3 Å². The summed E-state index contributed by atoms with van der Waals surface area (Å²) in [5, 5.41) is 7.09. The first-order chi connectivity index (χ1) is 13.7. The van der Waals surface area contributed by atoms with Crippen LogP contribution in [0.2, 0.25) is 0 Å². The van der Waals surface area contributed by atoms with Gasteiger partial charge in [-0.3, -0.25) is 4.79 Å². The summed E-state index contributed by atoms with van der Waals surface area (Å²) >= 11 is 0. The molecule has 0 saturated heterocycles. The van der Waals surface area contributed by atoms with E-state index in [1.165, 1.54) is 6.33 Å². The first kappa shape index (κ1) is 19.4. The van der Waals surface area contributed by atoms with E-state index < -0.39 is 0 Å². The van der Waals surface area contributed by atoms with Crippen molar-refractivity contribution < 1.29 is 14.3 Å². The third-order valence-electron chi connectivity index (χ3n) is 4.19. The lowest BCUT2D eigenvalue weighted by molar-refractivity contribution is -0.122. The van der Waals surface area contributed by atoms with Crippen LogP contribution < -0.4 is 14.8 Å². The maximum Gasteiger partial charge on any atom is 0.223 e. The quantitative estimate of drug-likeness (QED) is 0.616. The van der Waals surface area contributed by atoms with Crippen LogP contribution in [0.15, 0.2) is 61.2 Å². The first-order valence-electron chi connectivity index (χ1n) is 9.25. The van der Waals surface area contributed by atoms with Gasteiger partial charge in [0.1, 0.15) is 24.2 Å². The van der Waals surface area contributed by atoms with E-state index >= 15 is 0 Å². The number of nitrogens with one attached hydrogen (secondary N) is 1. The third kappa shape index (κ3) is 5.33. The zero-order valence-corrected chi connectivity index (χ0v) is 16.0. The fourth-order valence-corrected chi connectivity index (χ4v) is 2.71. The Morgan fingerprint density at radius 1 is 1.07 bits per heavy atom. The van der Waals surface area contributed by atoms with Crippen LogP contribution >= 0.6 is 0 Å². The number of hydrogen-bond acceptors (Lipinski definition) is 5. The third-order valence-corrected chi connectivity index (χ3v) is 4.19. The summed E-state index contributed by atoms with van der Waals surface area (Å²) in [5.74, 6) is 1.46. The Kier molecular flexibility index (Phi) is 6.62. The summed E-state index contributed by atoms with van der Waals surface area (Å²) in [6.45, 7) is 4.84. The fraction of sp³-hybridized carbons (Fsp3) is 0.286. The Bertz CT molecular complexity index is 862. The molecule has 1 N–H and O–H groups in total. The lowest BCUT2D eigenvalue weighted by Gasteiger charge is -2.15. The Hall–Kier alpha value is -3.35. The normalized spacial score (nSPS) is 11.6. The number of hydrogen-bond donors (Lipinski definition) is 1. The van der Waals surface area contributed by atoms with Gasteiger partial charge in [0.25, 0.3) is 0 Å². The van der Waals surface area contributed by atoms with Crippen molar-refractivity contribution in [3.63, 3.8) is 0 Å². The van der Waals surface area contributed by atoms with Gasteiger partial charge in [-0.05, 0) is 55.8 Å². The first-order valence-corrected chi connectivity index (χ1v) is 9.25. The Morgan fingerprint density at radius 3 is 2.36 bits per heavy atom. The molecule has 0 unspecified atom stereocenters. The lowest BCUT2D eigenvalue weighted by Crippen LogP contribution is -2.27. The highest BCUT2D eigenvalue weighted by atomic mass is 16.5. The topological polar surface area (TPSA) is 78.3 Å². The van der Waals surface area contributed by atoms with E-state index in [-0.39, 0.29) is 18.4 Å². The van der Waals surface area contributed by atoms with E-state index in [0.717, 1.165) is 17.0 Å². The number of amides is 1. The smallest absolute Gasteiger partial charge is 0.223 e. The molecule has 7 heteroatoms. The average Bonchev–Trinajstić information content (AvgIpc) is 3.24. The summed E-state index contributed by atoms with van der Waals surface area (Å²) in [7, 11) is 0. The minimum atomic E-state index is -0.0947. The largest absolute Gasteiger partial charge is 0.494 e. The average molecular weight is 380 g/mol. The van der Waals surface area contributed by atoms with E-state index in [0.29, 0.717) is 19.0 Å². The van der Waals surface area contributed by atoms with Gasteiger partial charge in [-0.1, -0.05) is 12.1 Å². The van der Waals surface area contributed by atoms with E-state index in [1.54, 1.807) is 11.0 Å². The van der Waals surface area contributed by atoms with Crippen LogP contribution in [0, 0.1) is 0 Å². The van der Waals surface area contributed by atoms with E-state index in [9.17, 15) is 4.79 Å². The van der Waals surface area contributed by atoms with Gasteiger partial charge in [-0.2, -0.15) is 5.10 Å². The van der Waals surface area contributed by atoms with Gasteiger partial charge in [0.15, 0.2) is 0 Å². The summed E-state index contributed by atoms with van der Waals surface area (Å²) in [6.07, 6.45) is 3.42. The zero-order valence-electron chi connectivity index (χ0n) is 16.0. The molecule has 0 bridgehead atoms. The predicted octanol–water partition coefficient (Wildman–Crippen LogP) is 3.31. The van der Waals surface area contributed by atoms with Gasteiger partial charge in [0, 0.05) is 0 Å². The molecule has 0 fully saturated rings. The van der Waals surface area contributed by atoms with Crippen LogP contribution in [0.4, 0.5) is 0 Å². The van der Waals surface area contributed by atoms with Gasteiger partial charge >= 0.3 is 0 Å². The zero-order chi connectivity index (χ0) is 19.8. The van der Waals surface area contributed by atoms with Crippen molar-refractivity contribution in [1.82, 2.24) is 20.1 Å². The second-order valence-electron chi connectivity index (χ2n) is 6.22. The number of nitrogens with zero attached hydrogens (tertiary/aromatic N) is 3. The second-order valence-corrected chi connectivity index (χ2v) is 6.22. The molecule has 1 atom stereocenters. The van der Waals surface area contributed by atoms with Gasteiger partial charge in [0.05, 0.1) is 31.4 Å². The Balaban J connectivity index is 1.43. The molecular weight excluding hydrogens is 356 g/mol. The predicted molar refractivity (Wildman–Crippen MR) is 106 cm³/mol. The standard InChI is InChI=1S/C21H24N4O3/c1-3-27-19-8-10-20(11-9-19)28-13-12-21(26)24-16(2)17-4-6-18(7-5-17)25-15-22-14-23-25/h4-11,14-16H,3,12-13H2,1-2H3,(H,24,26)/t16-/m0/s1. The second kappa shape index (κ2) is 9.55. The minimum Gasteiger partial charge on any atom is -0.494 e. The summed E-state index contributed by atoms with van der Waals surface area (Å²) in [4.78, 5) is 16.1. The van der Waals surface area contributed by atoms with E-state index in [4.69, 9.17) is 9.47 Å². The van der Waals surface area contributed by atoms with Gasteiger partial charge in [-0.25, -0.2) is 9.67 Å². The molecule has 1 aromatic heterocycles. The molecule has 7 nitrogen and oxygen atoms in total. The Morgan fingerprint density at radius 2 is 1.75 bits per heavy atom. The molecule has 2 aromatic carbocycles.